The number of carbonyl (C=O) groups excluding carboxylic acids is 1. The van der Waals surface area contributed by atoms with Crippen LogP contribution in [0.5, 0.6) is 0 Å². The summed E-state index contributed by atoms with van der Waals surface area (Å²) < 4.78 is 53.7. The van der Waals surface area contributed by atoms with Gasteiger partial charge in [0, 0.05) is 25.6 Å². The molecule has 0 bridgehead atoms. The van der Waals surface area contributed by atoms with Crippen LogP contribution in [0.1, 0.15) is 26.2 Å². The van der Waals surface area contributed by atoms with Crippen LogP contribution in [0.4, 0.5) is 23.2 Å². The molecule has 0 aliphatic carbocycles. The lowest BCUT2D eigenvalue weighted by Gasteiger charge is -2.34. The molecule has 1 saturated heterocycles. The second-order valence-corrected chi connectivity index (χ2v) is 4.88. The fourth-order valence-electron chi connectivity index (χ4n) is 2.38. The third-order valence-corrected chi connectivity index (χ3v) is 3.40. The van der Waals surface area contributed by atoms with Crippen LogP contribution >= 0.6 is 0 Å². The van der Waals surface area contributed by atoms with E-state index in [1.54, 1.807) is 6.92 Å². The topological polar surface area (TPSA) is 45.2 Å². The Labute approximate surface area is 119 Å². The summed E-state index contributed by atoms with van der Waals surface area (Å²) in [6.07, 6.45) is 1.47. The number of nitrogens with one attached hydrogen (secondary N) is 1. The van der Waals surface area contributed by atoms with Crippen LogP contribution in [-0.2, 0) is 4.79 Å². The summed E-state index contributed by atoms with van der Waals surface area (Å²) in [5.41, 5.74) is -0.768. The van der Waals surface area contributed by atoms with Crippen molar-refractivity contribution in [1.29, 1.82) is 0 Å². The number of carbonyl (C=O) groups is 1. The number of hydrogen-bond acceptors (Lipinski definition) is 3. The fraction of sp³-hybridized carbons (Fsp3) is 0.538. The third-order valence-electron chi connectivity index (χ3n) is 3.40. The van der Waals surface area contributed by atoms with Crippen molar-refractivity contribution in [3.8, 4) is 0 Å². The largest absolute Gasteiger partial charge is 0.364 e. The molecule has 0 spiro atoms. The second kappa shape index (κ2) is 6.28. The molecule has 0 radical (unpaired) electrons. The highest BCUT2D eigenvalue weighted by molar-refractivity contribution is 5.76. The standard InChI is InChI=1S/C13H15F4N3O/c1-2-8(21)18-7-4-3-5-20(6-7)11-9(14)12(16)19-13(17)10(11)15/h7H,2-6H2,1H3,(H,18,21). The van der Waals surface area contributed by atoms with E-state index >= 15 is 0 Å². The smallest absolute Gasteiger partial charge is 0.253 e. The van der Waals surface area contributed by atoms with E-state index < -0.39 is 29.2 Å². The molecule has 1 unspecified atom stereocenters. The van der Waals surface area contributed by atoms with E-state index in [9.17, 15) is 22.4 Å². The van der Waals surface area contributed by atoms with Gasteiger partial charge in [-0.25, -0.2) is 0 Å². The van der Waals surface area contributed by atoms with Gasteiger partial charge in [0.2, 0.25) is 17.5 Å². The Bertz CT molecular complexity index is 526. The van der Waals surface area contributed by atoms with Gasteiger partial charge in [-0.3, -0.25) is 4.79 Å². The monoisotopic (exact) mass is 305 g/mol. The first-order valence-electron chi connectivity index (χ1n) is 6.68. The van der Waals surface area contributed by atoms with E-state index in [4.69, 9.17) is 0 Å². The number of anilines is 1. The van der Waals surface area contributed by atoms with Crippen molar-refractivity contribution < 1.29 is 22.4 Å². The van der Waals surface area contributed by atoms with Gasteiger partial charge < -0.3 is 10.2 Å². The molecule has 1 aromatic heterocycles. The molecule has 1 aliphatic heterocycles. The number of hydrogen-bond donors (Lipinski definition) is 1. The van der Waals surface area contributed by atoms with Gasteiger partial charge in [-0.1, -0.05) is 6.92 Å². The summed E-state index contributed by atoms with van der Waals surface area (Å²) in [7, 11) is 0. The number of rotatable bonds is 3. The molecular formula is C13H15F4N3O. The van der Waals surface area contributed by atoms with E-state index in [0.29, 0.717) is 12.8 Å². The molecule has 4 nitrogen and oxygen atoms in total. The molecular weight excluding hydrogens is 290 g/mol. The number of aromatic nitrogens is 1. The van der Waals surface area contributed by atoms with Crippen molar-refractivity contribution in [2.45, 2.75) is 32.2 Å². The Hall–Kier alpha value is -1.86. The molecule has 1 amide bonds. The molecule has 8 heteroatoms. The highest BCUT2D eigenvalue weighted by Crippen LogP contribution is 2.28. The Kier molecular flexibility index (Phi) is 4.64. The zero-order valence-electron chi connectivity index (χ0n) is 11.4. The van der Waals surface area contributed by atoms with E-state index in [1.165, 1.54) is 4.90 Å². The van der Waals surface area contributed by atoms with E-state index in [0.717, 1.165) is 0 Å². The van der Waals surface area contributed by atoms with E-state index in [1.807, 2.05) is 0 Å². The molecule has 116 valence electrons. The molecule has 1 aromatic rings. The quantitative estimate of drug-likeness (QED) is 0.687. The number of halogens is 4. The number of piperidine rings is 1. The average Bonchev–Trinajstić information content (AvgIpc) is 2.46. The summed E-state index contributed by atoms with van der Waals surface area (Å²) in [5.74, 6) is -6.57. The van der Waals surface area contributed by atoms with Gasteiger partial charge in [0.05, 0.1) is 0 Å². The zero-order valence-corrected chi connectivity index (χ0v) is 11.4. The number of pyridine rings is 1. The Morgan fingerprint density at radius 3 is 2.48 bits per heavy atom. The van der Waals surface area contributed by atoms with Gasteiger partial charge >= 0.3 is 0 Å². The van der Waals surface area contributed by atoms with Crippen LogP contribution in [-0.4, -0.2) is 30.0 Å². The fourth-order valence-corrected chi connectivity index (χ4v) is 2.38. The lowest BCUT2D eigenvalue weighted by Crippen LogP contribution is -2.48. The van der Waals surface area contributed by atoms with Crippen LogP contribution in [0.15, 0.2) is 0 Å². The average molecular weight is 305 g/mol. The molecule has 2 rings (SSSR count). The summed E-state index contributed by atoms with van der Waals surface area (Å²) in [6.45, 7) is 2.01. The molecule has 1 aliphatic rings. The van der Waals surface area contributed by atoms with E-state index in [-0.39, 0.29) is 31.5 Å². The first-order chi connectivity index (χ1) is 9.93. The first kappa shape index (κ1) is 15.5. The van der Waals surface area contributed by atoms with Gasteiger partial charge in [-0.15, -0.1) is 0 Å². The van der Waals surface area contributed by atoms with Crippen molar-refractivity contribution in [2.24, 2.45) is 0 Å². The Balaban J connectivity index is 2.24. The molecule has 0 saturated carbocycles. The molecule has 1 N–H and O–H groups in total. The Morgan fingerprint density at radius 2 is 1.90 bits per heavy atom. The molecule has 1 fully saturated rings. The maximum Gasteiger partial charge on any atom is 0.253 e. The maximum atomic E-state index is 13.7. The molecule has 2 heterocycles. The summed E-state index contributed by atoms with van der Waals surface area (Å²) in [6, 6.07) is -0.315. The van der Waals surface area contributed by atoms with Crippen molar-refractivity contribution in [3.63, 3.8) is 0 Å². The minimum Gasteiger partial charge on any atom is -0.364 e. The van der Waals surface area contributed by atoms with Gasteiger partial charge in [-0.2, -0.15) is 22.5 Å². The first-order valence-corrected chi connectivity index (χ1v) is 6.68. The second-order valence-electron chi connectivity index (χ2n) is 4.88. The normalized spacial score (nSPS) is 18.7. The SMILES string of the molecule is CCC(=O)NC1CCCN(c2c(F)c(F)nc(F)c2F)C1. The van der Waals surface area contributed by atoms with Gasteiger partial charge in [-0.05, 0) is 12.8 Å². The predicted octanol–water partition coefficient (Wildman–Crippen LogP) is 2.13. The number of amides is 1. The minimum atomic E-state index is -1.68. The molecule has 0 aromatic carbocycles. The van der Waals surface area contributed by atoms with Crippen molar-refractivity contribution in [2.75, 3.05) is 18.0 Å². The summed E-state index contributed by atoms with van der Waals surface area (Å²) >= 11 is 0. The zero-order chi connectivity index (χ0) is 15.6. The van der Waals surface area contributed by atoms with Crippen LogP contribution in [0.3, 0.4) is 0 Å². The van der Waals surface area contributed by atoms with Crippen LogP contribution in [0, 0.1) is 23.5 Å². The van der Waals surface area contributed by atoms with Crippen molar-refractivity contribution in [3.05, 3.63) is 23.5 Å². The highest BCUT2D eigenvalue weighted by atomic mass is 19.2. The molecule has 1 atom stereocenters. The number of nitrogens with zero attached hydrogens (tertiary/aromatic N) is 2. The summed E-state index contributed by atoms with van der Waals surface area (Å²) in [5, 5.41) is 2.71. The van der Waals surface area contributed by atoms with Gasteiger partial charge in [0.1, 0.15) is 5.69 Å². The van der Waals surface area contributed by atoms with Crippen molar-refractivity contribution in [1.82, 2.24) is 10.3 Å². The maximum absolute atomic E-state index is 13.7. The van der Waals surface area contributed by atoms with Crippen molar-refractivity contribution >= 4 is 11.6 Å². The molecule has 21 heavy (non-hydrogen) atoms. The predicted molar refractivity (Wildman–Crippen MR) is 67.7 cm³/mol. The lowest BCUT2D eigenvalue weighted by molar-refractivity contribution is -0.121. The van der Waals surface area contributed by atoms with Crippen LogP contribution in [0.2, 0.25) is 0 Å². The third kappa shape index (κ3) is 3.25. The Morgan fingerprint density at radius 1 is 1.29 bits per heavy atom. The lowest BCUT2D eigenvalue weighted by atomic mass is 10.0. The summed E-state index contributed by atoms with van der Waals surface area (Å²) in [4.78, 5) is 15.1. The van der Waals surface area contributed by atoms with Gasteiger partial charge in [0.15, 0.2) is 0 Å². The van der Waals surface area contributed by atoms with Gasteiger partial charge in [0.25, 0.3) is 11.9 Å². The van der Waals surface area contributed by atoms with Crippen LogP contribution < -0.4 is 10.2 Å². The van der Waals surface area contributed by atoms with Crippen LogP contribution in [0.25, 0.3) is 0 Å². The van der Waals surface area contributed by atoms with E-state index in [2.05, 4.69) is 10.3 Å². The minimum absolute atomic E-state index is 0.0858. The highest BCUT2D eigenvalue weighted by Gasteiger charge is 2.29.